The third-order valence-electron chi connectivity index (χ3n) is 2.87. The average Bonchev–Trinajstić information content (AvgIpc) is 2.85. The van der Waals surface area contributed by atoms with E-state index in [1.165, 1.54) is 5.56 Å². The Bertz CT molecular complexity index is 538. The summed E-state index contributed by atoms with van der Waals surface area (Å²) in [6.45, 7) is 8.52. The van der Waals surface area contributed by atoms with E-state index in [0.717, 1.165) is 12.1 Å². The molecule has 6 heteroatoms. The van der Waals surface area contributed by atoms with Crippen LogP contribution in [0.3, 0.4) is 0 Å². The monoisotopic (exact) mass is 275 g/mol. The number of aryl methyl sites for hydroxylation is 1. The summed E-state index contributed by atoms with van der Waals surface area (Å²) in [4.78, 5) is 4.10. The highest BCUT2D eigenvalue weighted by atomic mass is 16.4. The molecule has 0 bridgehead atoms. The summed E-state index contributed by atoms with van der Waals surface area (Å²) in [6.07, 6.45) is 3.62. The minimum atomic E-state index is 0.439. The van der Waals surface area contributed by atoms with E-state index in [9.17, 15) is 0 Å². The molecule has 20 heavy (non-hydrogen) atoms. The van der Waals surface area contributed by atoms with Crippen molar-refractivity contribution in [2.75, 3.05) is 11.9 Å². The van der Waals surface area contributed by atoms with Crippen LogP contribution in [0.1, 0.15) is 30.9 Å². The quantitative estimate of drug-likeness (QED) is 0.806. The maximum atomic E-state index is 5.51. The second kappa shape index (κ2) is 7.00. The summed E-state index contributed by atoms with van der Waals surface area (Å²) in [5.74, 6) is 1.19. The molecule has 0 radical (unpaired) electrons. The number of aromatic nitrogens is 3. The SMILES string of the molecule is Cc1ccncc1CNc1nnc(CNCC(C)C)o1. The van der Waals surface area contributed by atoms with Crippen LogP contribution in [0, 0.1) is 12.8 Å². The smallest absolute Gasteiger partial charge is 0.315 e. The van der Waals surface area contributed by atoms with Gasteiger partial charge in [0.1, 0.15) is 0 Å². The lowest BCUT2D eigenvalue weighted by atomic mass is 10.2. The number of hydrogen-bond acceptors (Lipinski definition) is 6. The first-order chi connectivity index (χ1) is 9.65. The molecule has 2 aromatic rings. The van der Waals surface area contributed by atoms with Crippen LogP contribution in [0.25, 0.3) is 0 Å². The van der Waals surface area contributed by atoms with E-state index in [2.05, 4.69) is 39.7 Å². The molecule has 2 rings (SSSR count). The molecule has 0 aliphatic rings. The zero-order chi connectivity index (χ0) is 14.4. The molecule has 0 atom stereocenters. The lowest BCUT2D eigenvalue weighted by Gasteiger charge is -2.05. The third kappa shape index (κ3) is 4.31. The standard InChI is InChI=1S/C14H21N5O/c1-10(2)6-16-9-13-18-19-14(20-13)17-8-12-7-15-5-4-11(12)3/h4-5,7,10,16H,6,8-9H2,1-3H3,(H,17,19). The van der Waals surface area contributed by atoms with Gasteiger partial charge < -0.3 is 15.1 Å². The van der Waals surface area contributed by atoms with E-state index in [4.69, 9.17) is 4.42 Å². The topological polar surface area (TPSA) is 75.9 Å². The summed E-state index contributed by atoms with van der Waals surface area (Å²) in [5, 5.41) is 14.3. The Morgan fingerprint density at radius 1 is 1.25 bits per heavy atom. The molecule has 0 aromatic carbocycles. The van der Waals surface area contributed by atoms with E-state index < -0.39 is 0 Å². The average molecular weight is 275 g/mol. The molecule has 0 saturated heterocycles. The van der Waals surface area contributed by atoms with E-state index >= 15 is 0 Å². The lowest BCUT2D eigenvalue weighted by Crippen LogP contribution is -2.19. The summed E-state index contributed by atoms with van der Waals surface area (Å²) < 4.78 is 5.51. The van der Waals surface area contributed by atoms with Crippen LogP contribution in [0.4, 0.5) is 6.01 Å². The van der Waals surface area contributed by atoms with Gasteiger partial charge in [-0.3, -0.25) is 4.98 Å². The van der Waals surface area contributed by atoms with Crippen molar-refractivity contribution in [3.05, 3.63) is 35.5 Å². The zero-order valence-corrected chi connectivity index (χ0v) is 12.2. The molecular formula is C14H21N5O. The van der Waals surface area contributed by atoms with Gasteiger partial charge in [0, 0.05) is 18.9 Å². The predicted octanol–water partition coefficient (Wildman–Crippen LogP) is 2.13. The Morgan fingerprint density at radius 3 is 2.85 bits per heavy atom. The Balaban J connectivity index is 1.82. The molecule has 6 nitrogen and oxygen atoms in total. The third-order valence-corrected chi connectivity index (χ3v) is 2.87. The van der Waals surface area contributed by atoms with Crippen LogP contribution < -0.4 is 10.6 Å². The minimum Gasteiger partial charge on any atom is -0.407 e. The molecule has 2 N–H and O–H groups in total. The normalized spacial score (nSPS) is 11.0. The van der Waals surface area contributed by atoms with Gasteiger partial charge >= 0.3 is 6.01 Å². The fraction of sp³-hybridized carbons (Fsp3) is 0.500. The maximum absolute atomic E-state index is 5.51. The zero-order valence-electron chi connectivity index (χ0n) is 12.2. The fourth-order valence-corrected chi connectivity index (χ4v) is 1.72. The Morgan fingerprint density at radius 2 is 2.10 bits per heavy atom. The van der Waals surface area contributed by atoms with E-state index in [1.807, 2.05) is 19.2 Å². The first-order valence-corrected chi connectivity index (χ1v) is 6.81. The van der Waals surface area contributed by atoms with Crippen molar-refractivity contribution in [3.63, 3.8) is 0 Å². The van der Waals surface area contributed by atoms with Crippen LogP contribution in [-0.2, 0) is 13.1 Å². The lowest BCUT2D eigenvalue weighted by molar-refractivity contribution is 0.458. The van der Waals surface area contributed by atoms with Gasteiger partial charge in [-0.05, 0) is 36.6 Å². The molecule has 108 valence electrons. The Hall–Kier alpha value is -1.95. The molecule has 0 fully saturated rings. The molecule has 0 spiro atoms. The van der Waals surface area contributed by atoms with Crippen LogP contribution in [0.5, 0.6) is 0 Å². The molecule has 0 unspecified atom stereocenters. The highest BCUT2D eigenvalue weighted by Crippen LogP contribution is 2.10. The second-order valence-corrected chi connectivity index (χ2v) is 5.18. The summed E-state index contributed by atoms with van der Waals surface area (Å²) >= 11 is 0. The summed E-state index contributed by atoms with van der Waals surface area (Å²) in [6, 6.07) is 2.42. The number of nitrogens with zero attached hydrogens (tertiary/aromatic N) is 3. The minimum absolute atomic E-state index is 0.439. The molecule has 2 heterocycles. The van der Waals surface area contributed by atoms with Crippen LogP contribution >= 0.6 is 0 Å². The van der Waals surface area contributed by atoms with Gasteiger partial charge in [0.15, 0.2) is 0 Å². The highest BCUT2D eigenvalue weighted by Gasteiger charge is 2.06. The first-order valence-electron chi connectivity index (χ1n) is 6.81. The van der Waals surface area contributed by atoms with Gasteiger partial charge in [-0.15, -0.1) is 5.10 Å². The summed E-state index contributed by atoms with van der Waals surface area (Å²) in [5.41, 5.74) is 2.30. The van der Waals surface area contributed by atoms with Gasteiger partial charge in [-0.1, -0.05) is 18.9 Å². The first kappa shape index (κ1) is 14.5. The van der Waals surface area contributed by atoms with Crippen molar-refractivity contribution >= 4 is 6.01 Å². The molecular weight excluding hydrogens is 254 g/mol. The molecule has 0 aliphatic heterocycles. The molecule has 0 amide bonds. The summed E-state index contributed by atoms with van der Waals surface area (Å²) in [7, 11) is 0. The van der Waals surface area contributed by atoms with Crippen molar-refractivity contribution in [2.24, 2.45) is 5.92 Å². The van der Waals surface area contributed by atoms with Crippen LogP contribution in [-0.4, -0.2) is 21.7 Å². The number of nitrogens with one attached hydrogen (secondary N) is 2. The van der Waals surface area contributed by atoms with Crippen LogP contribution in [0.2, 0.25) is 0 Å². The molecule has 0 saturated carbocycles. The van der Waals surface area contributed by atoms with Gasteiger partial charge in [0.05, 0.1) is 6.54 Å². The second-order valence-electron chi connectivity index (χ2n) is 5.18. The highest BCUT2D eigenvalue weighted by molar-refractivity contribution is 5.27. The maximum Gasteiger partial charge on any atom is 0.315 e. The number of hydrogen-bond donors (Lipinski definition) is 2. The van der Waals surface area contributed by atoms with Gasteiger partial charge in [0.25, 0.3) is 0 Å². The fourth-order valence-electron chi connectivity index (χ4n) is 1.72. The van der Waals surface area contributed by atoms with Crippen molar-refractivity contribution < 1.29 is 4.42 Å². The van der Waals surface area contributed by atoms with Crippen molar-refractivity contribution in [1.29, 1.82) is 0 Å². The van der Waals surface area contributed by atoms with E-state index in [-0.39, 0.29) is 0 Å². The van der Waals surface area contributed by atoms with Gasteiger partial charge in [-0.2, -0.15) is 0 Å². The number of anilines is 1. The van der Waals surface area contributed by atoms with Gasteiger partial charge in [-0.25, -0.2) is 0 Å². The molecule has 0 aliphatic carbocycles. The number of rotatable bonds is 7. The Labute approximate surface area is 119 Å². The van der Waals surface area contributed by atoms with Crippen molar-refractivity contribution in [3.8, 4) is 0 Å². The van der Waals surface area contributed by atoms with Crippen molar-refractivity contribution in [1.82, 2.24) is 20.5 Å². The molecule has 2 aromatic heterocycles. The predicted molar refractivity (Wildman–Crippen MR) is 77.1 cm³/mol. The van der Waals surface area contributed by atoms with E-state index in [0.29, 0.717) is 30.9 Å². The van der Waals surface area contributed by atoms with Crippen LogP contribution in [0.15, 0.2) is 22.9 Å². The van der Waals surface area contributed by atoms with Crippen molar-refractivity contribution in [2.45, 2.75) is 33.9 Å². The number of pyridine rings is 1. The van der Waals surface area contributed by atoms with Gasteiger partial charge in [0.2, 0.25) is 5.89 Å². The largest absolute Gasteiger partial charge is 0.407 e. The van der Waals surface area contributed by atoms with E-state index in [1.54, 1.807) is 6.20 Å². The Kier molecular flexibility index (Phi) is 5.06.